The van der Waals surface area contributed by atoms with Crippen molar-refractivity contribution < 1.29 is 4.79 Å². The zero-order valence-electron chi connectivity index (χ0n) is 14.0. The van der Waals surface area contributed by atoms with Gasteiger partial charge in [-0.05, 0) is 62.7 Å². The normalized spacial score (nSPS) is 24.9. The lowest BCUT2D eigenvalue weighted by Gasteiger charge is -2.28. The summed E-state index contributed by atoms with van der Waals surface area (Å²) in [4.78, 5) is 16.4. The maximum Gasteiger partial charge on any atom is 0.223 e. The third-order valence-corrected chi connectivity index (χ3v) is 6.19. The first-order chi connectivity index (χ1) is 10.8. The molecule has 24 heavy (non-hydrogen) atoms. The van der Waals surface area contributed by atoms with Gasteiger partial charge in [0.1, 0.15) is 0 Å². The Bertz CT molecular complexity index is 480. The van der Waals surface area contributed by atoms with Crippen LogP contribution in [0.15, 0.2) is 17.5 Å². The van der Waals surface area contributed by atoms with Crippen LogP contribution in [0, 0.1) is 11.8 Å². The number of amides is 1. The number of nitrogens with zero attached hydrogens (tertiary/aromatic N) is 1. The molecular formula is C17H29Cl2N3OS. The summed E-state index contributed by atoms with van der Waals surface area (Å²) in [6.45, 7) is 3.66. The molecule has 1 amide bonds. The van der Waals surface area contributed by atoms with Crippen molar-refractivity contribution in [3.8, 4) is 0 Å². The standard InChI is InChI=1S/C17H27N3OS.2ClH/c18-11-13-5-3-6-14(13)17(21)19-12-15(16-7-4-10-22-16)20-8-1-2-9-20;;/h4,7,10,13-15H,1-3,5-6,8-9,11-12,18H2,(H,19,21);2*1H/t13-,14-,15?;;/m1../s1. The first-order valence-corrected chi connectivity index (χ1v) is 9.43. The van der Waals surface area contributed by atoms with E-state index in [-0.39, 0.29) is 36.6 Å². The summed E-state index contributed by atoms with van der Waals surface area (Å²) in [5.41, 5.74) is 5.81. The second-order valence-corrected chi connectivity index (χ2v) is 7.53. The van der Waals surface area contributed by atoms with E-state index < -0.39 is 0 Å². The van der Waals surface area contributed by atoms with E-state index in [2.05, 4.69) is 27.7 Å². The van der Waals surface area contributed by atoms with Crippen molar-refractivity contribution in [2.45, 2.75) is 38.1 Å². The van der Waals surface area contributed by atoms with Gasteiger partial charge in [-0.25, -0.2) is 0 Å². The first-order valence-electron chi connectivity index (χ1n) is 8.55. The number of carbonyl (C=O) groups is 1. The quantitative estimate of drug-likeness (QED) is 0.779. The molecule has 1 aromatic rings. The van der Waals surface area contributed by atoms with Gasteiger partial charge in [0.15, 0.2) is 0 Å². The predicted molar refractivity (Wildman–Crippen MR) is 105 cm³/mol. The Morgan fingerprint density at radius 3 is 2.67 bits per heavy atom. The molecule has 4 nitrogen and oxygen atoms in total. The van der Waals surface area contributed by atoms with Crippen molar-refractivity contribution >= 4 is 42.1 Å². The van der Waals surface area contributed by atoms with Crippen molar-refractivity contribution in [2.75, 3.05) is 26.2 Å². The molecule has 0 bridgehead atoms. The molecule has 1 saturated carbocycles. The Labute approximate surface area is 161 Å². The number of hydrogen-bond donors (Lipinski definition) is 2. The third-order valence-electron chi connectivity index (χ3n) is 5.22. The summed E-state index contributed by atoms with van der Waals surface area (Å²) < 4.78 is 0. The number of hydrogen-bond acceptors (Lipinski definition) is 4. The average Bonchev–Trinajstić information content (AvgIpc) is 3.28. The van der Waals surface area contributed by atoms with Gasteiger partial charge in [-0.15, -0.1) is 36.2 Å². The molecule has 1 aliphatic heterocycles. The fourth-order valence-electron chi connectivity index (χ4n) is 3.94. The Hall–Kier alpha value is -0.330. The number of nitrogens with one attached hydrogen (secondary N) is 1. The highest BCUT2D eigenvalue weighted by Gasteiger charge is 2.33. The van der Waals surface area contributed by atoms with Crippen molar-refractivity contribution in [2.24, 2.45) is 17.6 Å². The summed E-state index contributed by atoms with van der Waals surface area (Å²) in [7, 11) is 0. The number of carbonyl (C=O) groups excluding carboxylic acids is 1. The van der Waals surface area contributed by atoms with Gasteiger partial charge in [0.25, 0.3) is 0 Å². The second-order valence-electron chi connectivity index (χ2n) is 6.55. The molecule has 7 heteroatoms. The largest absolute Gasteiger partial charge is 0.354 e. The average molecular weight is 394 g/mol. The van der Waals surface area contributed by atoms with Gasteiger partial charge in [0, 0.05) is 17.3 Å². The number of nitrogens with two attached hydrogens (primary N) is 1. The van der Waals surface area contributed by atoms with Crippen molar-refractivity contribution in [1.82, 2.24) is 10.2 Å². The molecule has 0 aromatic carbocycles. The molecule has 2 heterocycles. The molecule has 1 saturated heterocycles. The van der Waals surface area contributed by atoms with E-state index in [9.17, 15) is 4.79 Å². The van der Waals surface area contributed by atoms with E-state index in [0.29, 0.717) is 18.5 Å². The molecule has 1 aliphatic carbocycles. The number of rotatable bonds is 6. The van der Waals surface area contributed by atoms with E-state index in [4.69, 9.17) is 5.73 Å². The van der Waals surface area contributed by atoms with Crippen LogP contribution >= 0.6 is 36.2 Å². The third kappa shape index (κ3) is 5.09. The molecule has 2 fully saturated rings. The van der Waals surface area contributed by atoms with E-state index in [1.807, 2.05) is 0 Å². The molecule has 1 unspecified atom stereocenters. The fraction of sp³-hybridized carbons (Fsp3) is 0.706. The lowest BCUT2D eigenvalue weighted by atomic mass is 9.95. The van der Waals surface area contributed by atoms with Crippen LogP contribution in [0.3, 0.4) is 0 Å². The van der Waals surface area contributed by atoms with Crippen LogP contribution in [-0.4, -0.2) is 37.0 Å². The summed E-state index contributed by atoms with van der Waals surface area (Å²) in [5.74, 6) is 0.730. The Kier molecular flexibility index (Phi) is 9.60. The summed E-state index contributed by atoms with van der Waals surface area (Å²) in [6, 6.07) is 4.63. The van der Waals surface area contributed by atoms with E-state index in [1.165, 1.54) is 17.7 Å². The number of halogens is 2. The highest BCUT2D eigenvalue weighted by atomic mass is 35.5. The lowest BCUT2D eigenvalue weighted by molar-refractivity contribution is -0.126. The highest BCUT2D eigenvalue weighted by molar-refractivity contribution is 7.10. The van der Waals surface area contributed by atoms with E-state index in [1.54, 1.807) is 11.3 Å². The van der Waals surface area contributed by atoms with Crippen LogP contribution in [-0.2, 0) is 4.79 Å². The number of likely N-dealkylation sites (tertiary alicyclic amines) is 1. The molecule has 0 spiro atoms. The minimum absolute atomic E-state index is 0. The predicted octanol–water partition coefficient (Wildman–Crippen LogP) is 3.22. The number of thiophene rings is 1. The minimum Gasteiger partial charge on any atom is -0.354 e. The molecule has 2 aliphatic rings. The Balaban J connectivity index is 0.00000144. The van der Waals surface area contributed by atoms with Crippen LogP contribution in [0.5, 0.6) is 0 Å². The van der Waals surface area contributed by atoms with Gasteiger partial charge < -0.3 is 11.1 Å². The summed E-state index contributed by atoms with van der Waals surface area (Å²) in [5, 5.41) is 5.35. The smallest absolute Gasteiger partial charge is 0.223 e. The van der Waals surface area contributed by atoms with Crippen LogP contribution in [0.2, 0.25) is 0 Å². The zero-order chi connectivity index (χ0) is 15.4. The van der Waals surface area contributed by atoms with E-state index >= 15 is 0 Å². The van der Waals surface area contributed by atoms with Crippen LogP contribution in [0.4, 0.5) is 0 Å². The van der Waals surface area contributed by atoms with Crippen molar-refractivity contribution in [1.29, 1.82) is 0 Å². The van der Waals surface area contributed by atoms with Crippen molar-refractivity contribution in [3.63, 3.8) is 0 Å². The molecular weight excluding hydrogens is 365 g/mol. The maximum atomic E-state index is 12.5. The fourth-order valence-corrected chi connectivity index (χ4v) is 4.80. The van der Waals surface area contributed by atoms with Gasteiger partial charge in [-0.3, -0.25) is 9.69 Å². The molecule has 3 atom stereocenters. The minimum atomic E-state index is 0. The maximum absolute atomic E-state index is 12.5. The highest BCUT2D eigenvalue weighted by Crippen LogP contribution is 2.32. The first kappa shape index (κ1) is 21.7. The van der Waals surface area contributed by atoms with Gasteiger partial charge in [-0.1, -0.05) is 12.5 Å². The molecule has 3 N–H and O–H groups in total. The topological polar surface area (TPSA) is 58.4 Å². The van der Waals surface area contributed by atoms with Gasteiger partial charge >= 0.3 is 0 Å². The molecule has 138 valence electrons. The Morgan fingerprint density at radius 2 is 2.04 bits per heavy atom. The van der Waals surface area contributed by atoms with Crippen LogP contribution in [0.25, 0.3) is 0 Å². The van der Waals surface area contributed by atoms with E-state index in [0.717, 1.165) is 38.9 Å². The van der Waals surface area contributed by atoms with Crippen LogP contribution in [0.1, 0.15) is 43.0 Å². The van der Waals surface area contributed by atoms with Crippen molar-refractivity contribution in [3.05, 3.63) is 22.4 Å². The van der Waals surface area contributed by atoms with Gasteiger partial charge in [0.05, 0.1) is 6.04 Å². The molecule has 1 aromatic heterocycles. The summed E-state index contributed by atoms with van der Waals surface area (Å²) >= 11 is 1.79. The summed E-state index contributed by atoms with van der Waals surface area (Å²) in [6.07, 6.45) is 5.79. The zero-order valence-corrected chi connectivity index (χ0v) is 16.4. The van der Waals surface area contributed by atoms with Gasteiger partial charge in [-0.2, -0.15) is 0 Å². The second kappa shape index (κ2) is 10.6. The lowest BCUT2D eigenvalue weighted by Crippen LogP contribution is -2.40. The van der Waals surface area contributed by atoms with Crippen LogP contribution < -0.4 is 11.1 Å². The molecule has 3 rings (SSSR count). The Morgan fingerprint density at radius 1 is 1.29 bits per heavy atom. The van der Waals surface area contributed by atoms with Gasteiger partial charge in [0.2, 0.25) is 5.91 Å². The monoisotopic (exact) mass is 393 g/mol. The SMILES string of the molecule is Cl.Cl.NC[C@H]1CCC[C@H]1C(=O)NCC(c1cccs1)N1CCCC1. The molecule has 0 radical (unpaired) electrons.